The highest BCUT2D eigenvalue weighted by Crippen LogP contribution is 2.27. The maximum atomic E-state index is 6.08. The Kier molecular flexibility index (Phi) is 4.91. The molecule has 24 heavy (non-hydrogen) atoms. The van der Waals surface area contributed by atoms with Crippen molar-refractivity contribution in [3.63, 3.8) is 0 Å². The number of nitrogens with zero attached hydrogens (tertiary/aromatic N) is 2. The van der Waals surface area contributed by atoms with Crippen LogP contribution in [0.5, 0.6) is 5.75 Å². The van der Waals surface area contributed by atoms with Gasteiger partial charge < -0.3 is 16.2 Å². The fourth-order valence-electron chi connectivity index (χ4n) is 2.56. The number of hydrogen-bond donors (Lipinski definition) is 2. The lowest BCUT2D eigenvalue weighted by atomic mass is 10.0. The zero-order valence-electron chi connectivity index (χ0n) is 13.4. The van der Waals surface area contributed by atoms with Gasteiger partial charge in [-0.25, -0.2) is 4.98 Å². The number of aromatic nitrogens is 2. The van der Waals surface area contributed by atoms with Gasteiger partial charge in [0.15, 0.2) is 0 Å². The SMILES string of the molecule is Nc1nc(N)c(CCCOc2ccccc2)c(-c2ccccc2)n1. The number of nitrogens with two attached hydrogens (primary N) is 2. The van der Waals surface area contributed by atoms with Crippen LogP contribution < -0.4 is 16.2 Å². The molecule has 2 aromatic carbocycles. The first kappa shape index (κ1) is 15.8. The number of anilines is 2. The van der Waals surface area contributed by atoms with Crippen LogP contribution in [0.4, 0.5) is 11.8 Å². The molecule has 0 radical (unpaired) electrons. The van der Waals surface area contributed by atoms with Crippen LogP contribution in [0.3, 0.4) is 0 Å². The third-order valence-corrected chi connectivity index (χ3v) is 3.69. The van der Waals surface area contributed by atoms with Gasteiger partial charge in [0.1, 0.15) is 11.6 Å². The highest BCUT2D eigenvalue weighted by atomic mass is 16.5. The van der Waals surface area contributed by atoms with Gasteiger partial charge in [-0.05, 0) is 25.0 Å². The maximum absolute atomic E-state index is 6.08. The van der Waals surface area contributed by atoms with Crippen molar-refractivity contribution in [2.24, 2.45) is 0 Å². The van der Waals surface area contributed by atoms with Gasteiger partial charge in [0, 0.05) is 11.1 Å². The number of benzene rings is 2. The second-order valence-electron chi connectivity index (χ2n) is 5.43. The molecule has 0 unspecified atom stereocenters. The summed E-state index contributed by atoms with van der Waals surface area (Å²) in [5, 5.41) is 0. The molecule has 4 N–H and O–H groups in total. The van der Waals surface area contributed by atoms with Crippen molar-refractivity contribution in [1.82, 2.24) is 9.97 Å². The Hall–Kier alpha value is -3.08. The molecule has 3 rings (SSSR count). The predicted molar refractivity (Wildman–Crippen MR) is 96.6 cm³/mol. The van der Waals surface area contributed by atoms with E-state index in [4.69, 9.17) is 16.2 Å². The molecule has 0 saturated heterocycles. The zero-order chi connectivity index (χ0) is 16.8. The fraction of sp³-hybridized carbons (Fsp3) is 0.158. The molecule has 0 saturated carbocycles. The minimum absolute atomic E-state index is 0.190. The Labute approximate surface area is 141 Å². The second kappa shape index (κ2) is 7.46. The van der Waals surface area contributed by atoms with Gasteiger partial charge in [-0.15, -0.1) is 0 Å². The molecule has 5 heteroatoms. The highest BCUT2D eigenvalue weighted by Gasteiger charge is 2.13. The molecule has 0 fully saturated rings. The average Bonchev–Trinajstić information content (AvgIpc) is 2.61. The molecule has 0 aliphatic rings. The first-order chi connectivity index (χ1) is 11.7. The molecule has 0 aliphatic carbocycles. The van der Waals surface area contributed by atoms with Crippen molar-refractivity contribution >= 4 is 11.8 Å². The van der Waals surface area contributed by atoms with E-state index < -0.39 is 0 Å². The number of nitrogen functional groups attached to an aromatic ring is 2. The molecule has 0 bridgehead atoms. The van der Waals surface area contributed by atoms with E-state index >= 15 is 0 Å². The monoisotopic (exact) mass is 320 g/mol. The average molecular weight is 320 g/mol. The lowest BCUT2D eigenvalue weighted by Crippen LogP contribution is -2.08. The quantitative estimate of drug-likeness (QED) is 0.680. The van der Waals surface area contributed by atoms with Gasteiger partial charge in [0.25, 0.3) is 0 Å². The van der Waals surface area contributed by atoms with Gasteiger partial charge in [0.05, 0.1) is 12.3 Å². The summed E-state index contributed by atoms with van der Waals surface area (Å²) in [6, 6.07) is 19.6. The van der Waals surface area contributed by atoms with Gasteiger partial charge in [0.2, 0.25) is 5.95 Å². The lowest BCUT2D eigenvalue weighted by molar-refractivity contribution is 0.311. The fourth-order valence-corrected chi connectivity index (χ4v) is 2.56. The summed E-state index contributed by atoms with van der Waals surface area (Å²) in [5.41, 5.74) is 14.5. The van der Waals surface area contributed by atoms with Gasteiger partial charge >= 0.3 is 0 Å². The van der Waals surface area contributed by atoms with E-state index in [1.165, 1.54) is 0 Å². The normalized spacial score (nSPS) is 10.5. The van der Waals surface area contributed by atoms with Crippen LogP contribution >= 0.6 is 0 Å². The molecular formula is C19H20N4O. The van der Waals surface area contributed by atoms with Crippen LogP contribution in [0.25, 0.3) is 11.3 Å². The van der Waals surface area contributed by atoms with Gasteiger partial charge in [-0.1, -0.05) is 48.5 Å². The minimum atomic E-state index is 0.190. The Morgan fingerprint density at radius 2 is 1.50 bits per heavy atom. The summed E-state index contributed by atoms with van der Waals surface area (Å²) in [4.78, 5) is 8.49. The summed E-state index contributed by atoms with van der Waals surface area (Å²) in [7, 11) is 0. The molecule has 5 nitrogen and oxygen atoms in total. The van der Waals surface area contributed by atoms with E-state index in [0.717, 1.165) is 35.4 Å². The highest BCUT2D eigenvalue weighted by molar-refractivity contribution is 5.69. The summed E-state index contributed by atoms with van der Waals surface area (Å²) in [6.07, 6.45) is 1.54. The topological polar surface area (TPSA) is 87.0 Å². The van der Waals surface area contributed by atoms with Crippen molar-refractivity contribution in [2.45, 2.75) is 12.8 Å². The summed E-state index contributed by atoms with van der Waals surface area (Å²) in [6.45, 7) is 0.599. The van der Waals surface area contributed by atoms with Crippen molar-refractivity contribution < 1.29 is 4.74 Å². The molecular weight excluding hydrogens is 300 g/mol. The molecule has 1 aromatic heterocycles. The van der Waals surface area contributed by atoms with Crippen molar-refractivity contribution in [3.8, 4) is 17.0 Å². The maximum Gasteiger partial charge on any atom is 0.222 e. The molecule has 0 amide bonds. The zero-order valence-corrected chi connectivity index (χ0v) is 13.4. The first-order valence-electron chi connectivity index (χ1n) is 7.89. The van der Waals surface area contributed by atoms with Crippen molar-refractivity contribution in [2.75, 3.05) is 18.1 Å². The standard InChI is InChI=1S/C19H20N4O/c20-18-16(12-7-13-24-15-10-5-2-6-11-15)17(22-19(21)23-18)14-8-3-1-4-9-14/h1-6,8-11H,7,12-13H2,(H4,20,21,22,23). The van der Waals surface area contributed by atoms with E-state index in [1.807, 2.05) is 60.7 Å². The summed E-state index contributed by atoms with van der Waals surface area (Å²) >= 11 is 0. The Bertz CT molecular complexity index is 791. The minimum Gasteiger partial charge on any atom is -0.494 e. The van der Waals surface area contributed by atoms with Crippen molar-refractivity contribution in [3.05, 3.63) is 66.2 Å². The molecule has 122 valence electrons. The third-order valence-electron chi connectivity index (χ3n) is 3.69. The van der Waals surface area contributed by atoms with Crippen LogP contribution in [0.1, 0.15) is 12.0 Å². The van der Waals surface area contributed by atoms with E-state index in [1.54, 1.807) is 0 Å². The third kappa shape index (κ3) is 3.81. The second-order valence-corrected chi connectivity index (χ2v) is 5.43. The largest absolute Gasteiger partial charge is 0.494 e. The molecule has 0 atom stereocenters. The molecule has 1 heterocycles. The Balaban J connectivity index is 1.73. The van der Waals surface area contributed by atoms with Gasteiger partial charge in [-0.3, -0.25) is 0 Å². The van der Waals surface area contributed by atoms with E-state index in [0.29, 0.717) is 12.4 Å². The van der Waals surface area contributed by atoms with E-state index in [-0.39, 0.29) is 5.95 Å². The molecule has 3 aromatic rings. The predicted octanol–water partition coefficient (Wildman–Crippen LogP) is 3.32. The Morgan fingerprint density at radius 1 is 0.833 bits per heavy atom. The number of para-hydroxylation sites is 1. The lowest BCUT2D eigenvalue weighted by Gasteiger charge is -2.12. The number of rotatable bonds is 6. The first-order valence-corrected chi connectivity index (χ1v) is 7.89. The van der Waals surface area contributed by atoms with Crippen LogP contribution in [-0.2, 0) is 6.42 Å². The van der Waals surface area contributed by atoms with Gasteiger partial charge in [-0.2, -0.15) is 4.98 Å². The summed E-state index contributed by atoms with van der Waals surface area (Å²) in [5.74, 6) is 1.49. The van der Waals surface area contributed by atoms with E-state index in [9.17, 15) is 0 Å². The number of hydrogen-bond acceptors (Lipinski definition) is 5. The van der Waals surface area contributed by atoms with Crippen LogP contribution in [0, 0.1) is 0 Å². The van der Waals surface area contributed by atoms with E-state index in [2.05, 4.69) is 9.97 Å². The van der Waals surface area contributed by atoms with Crippen molar-refractivity contribution in [1.29, 1.82) is 0 Å². The summed E-state index contributed by atoms with van der Waals surface area (Å²) < 4.78 is 5.73. The van der Waals surface area contributed by atoms with Crippen LogP contribution in [0.2, 0.25) is 0 Å². The molecule has 0 spiro atoms. The van der Waals surface area contributed by atoms with Crippen LogP contribution in [0.15, 0.2) is 60.7 Å². The Morgan fingerprint density at radius 3 is 2.21 bits per heavy atom. The smallest absolute Gasteiger partial charge is 0.222 e. The number of ether oxygens (including phenoxy) is 1. The molecule has 0 aliphatic heterocycles. The van der Waals surface area contributed by atoms with Crippen LogP contribution in [-0.4, -0.2) is 16.6 Å².